The zero-order valence-electron chi connectivity index (χ0n) is 20.8. The standard InChI is InChI=1S/C24H42O3Si4/c1-9-11-22-29(5,6)26-31(23-18-14-12-15-19-23,24-20-16-13-17-21-24)27-30(7,8)25-28(3,4)10-2/h12-21H,9-11,22H2,1-8H3. The molecule has 31 heavy (non-hydrogen) atoms. The molecule has 0 saturated carbocycles. The molecular weight excluding hydrogens is 449 g/mol. The normalized spacial score (nSPS) is 13.4. The molecule has 0 saturated heterocycles. The molecule has 0 N–H and O–H groups in total. The van der Waals surface area contributed by atoms with Gasteiger partial charge in [0.25, 0.3) is 0 Å². The summed E-state index contributed by atoms with van der Waals surface area (Å²) in [6.45, 7) is 18.2. The Kier molecular flexibility index (Phi) is 9.27. The molecule has 3 nitrogen and oxygen atoms in total. The van der Waals surface area contributed by atoms with Crippen LogP contribution in [0.3, 0.4) is 0 Å². The first-order chi connectivity index (χ1) is 14.5. The third-order valence-electron chi connectivity index (χ3n) is 5.62. The van der Waals surface area contributed by atoms with Crippen molar-refractivity contribution in [2.75, 3.05) is 0 Å². The average molecular weight is 491 g/mol. The molecule has 0 spiro atoms. The van der Waals surface area contributed by atoms with Crippen LogP contribution < -0.4 is 10.4 Å². The lowest BCUT2D eigenvalue weighted by Crippen LogP contribution is -2.71. The van der Waals surface area contributed by atoms with Crippen LogP contribution in [-0.4, -0.2) is 33.8 Å². The van der Waals surface area contributed by atoms with Gasteiger partial charge in [-0.2, -0.15) is 0 Å². The van der Waals surface area contributed by atoms with E-state index in [2.05, 4.69) is 114 Å². The first kappa shape index (κ1) is 26.4. The second-order valence-corrected chi connectivity index (χ2v) is 25.9. The monoisotopic (exact) mass is 490 g/mol. The minimum absolute atomic E-state index is 1.08. The zero-order chi connectivity index (χ0) is 23.2. The Hall–Kier alpha value is -0.812. The van der Waals surface area contributed by atoms with Crippen LogP contribution in [-0.2, 0) is 12.3 Å². The Labute approximate surface area is 194 Å². The molecule has 172 valence electrons. The Bertz CT molecular complexity index is 755. The maximum Gasteiger partial charge on any atom is 0.388 e. The predicted molar refractivity (Wildman–Crippen MR) is 144 cm³/mol. The molecule has 0 heterocycles. The Morgan fingerprint density at radius 3 is 1.52 bits per heavy atom. The lowest BCUT2D eigenvalue weighted by molar-refractivity contribution is 0.339. The Balaban J connectivity index is 2.63. The summed E-state index contributed by atoms with van der Waals surface area (Å²) in [4.78, 5) is 0. The van der Waals surface area contributed by atoms with E-state index in [1.54, 1.807) is 0 Å². The molecule has 0 fully saturated rings. The molecule has 0 amide bonds. The van der Waals surface area contributed by atoms with Gasteiger partial charge in [0, 0.05) is 0 Å². The van der Waals surface area contributed by atoms with Crippen molar-refractivity contribution in [2.45, 2.75) is 78.1 Å². The van der Waals surface area contributed by atoms with Crippen molar-refractivity contribution in [3.8, 4) is 0 Å². The van der Waals surface area contributed by atoms with Crippen LogP contribution in [0.5, 0.6) is 0 Å². The molecule has 0 aliphatic rings. The van der Waals surface area contributed by atoms with E-state index in [1.165, 1.54) is 23.2 Å². The molecule has 0 bridgehead atoms. The van der Waals surface area contributed by atoms with Crippen LogP contribution >= 0.6 is 0 Å². The number of hydrogen-bond acceptors (Lipinski definition) is 3. The summed E-state index contributed by atoms with van der Waals surface area (Å²) < 4.78 is 21.4. The maximum atomic E-state index is 7.31. The molecule has 0 aromatic heterocycles. The summed E-state index contributed by atoms with van der Waals surface area (Å²) in [6.07, 6.45) is 2.38. The Morgan fingerprint density at radius 1 is 0.613 bits per heavy atom. The molecule has 0 atom stereocenters. The summed E-state index contributed by atoms with van der Waals surface area (Å²) in [5.41, 5.74) is 0. The number of benzene rings is 2. The third-order valence-corrected chi connectivity index (χ3v) is 21.7. The van der Waals surface area contributed by atoms with Crippen molar-refractivity contribution in [3.63, 3.8) is 0 Å². The van der Waals surface area contributed by atoms with Crippen LogP contribution in [0.4, 0.5) is 0 Å². The van der Waals surface area contributed by atoms with E-state index < -0.39 is 33.8 Å². The largest absolute Gasteiger partial charge is 0.436 e. The van der Waals surface area contributed by atoms with Gasteiger partial charge in [0.05, 0.1) is 0 Å². The molecule has 0 unspecified atom stereocenters. The SMILES string of the molecule is CCCC[Si](C)(C)O[Si](O[Si](C)(C)O[Si](C)(C)CC)(c1ccccc1)c1ccccc1. The van der Waals surface area contributed by atoms with Crippen molar-refractivity contribution >= 4 is 44.1 Å². The fraction of sp³-hybridized carbons (Fsp3) is 0.500. The van der Waals surface area contributed by atoms with Crippen molar-refractivity contribution in [1.82, 2.24) is 0 Å². The van der Waals surface area contributed by atoms with Gasteiger partial charge in [-0.15, -0.1) is 0 Å². The topological polar surface area (TPSA) is 27.7 Å². The number of unbranched alkanes of at least 4 members (excludes halogenated alkanes) is 1. The minimum atomic E-state index is -2.96. The molecule has 2 aromatic rings. The van der Waals surface area contributed by atoms with Gasteiger partial charge in [-0.05, 0) is 61.7 Å². The van der Waals surface area contributed by atoms with E-state index in [0.717, 1.165) is 12.1 Å². The van der Waals surface area contributed by atoms with Crippen LogP contribution in [0, 0.1) is 0 Å². The van der Waals surface area contributed by atoms with Gasteiger partial charge in [-0.3, -0.25) is 0 Å². The zero-order valence-corrected chi connectivity index (χ0v) is 24.8. The maximum absolute atomic E-state index is 7.31. The fourth-order valence-corrected chi connectivity index (χ4v) is 21.8. The van der Waals surface area contributed by atoms with Gasteiger partial charge in [0.1, 0.15) is 0 Å². The second kappa shape index (κ2) is 10.9. The van der Waals surface area contributed by atoms with E-state index in [9.17, 15) is 0 Å². The first-order valence-electron chi connectivity index (χ1n) is 11.7. The summed E-state index contributed by atoms with van der Waals surface area (Å²) in [7, 11) is -9.19. The van der Waals surface area contributed by atoms with Crippen LogP contribution in [0.1, 0.15) is 26.7 Å². The molecule has 0 radical (unpaired) electrons. The number of hydrogen-bond donors (Lipinski definition) is 0. The van der Waals surface area contributed by atoms with E-state index in [-0.39, 0.29) is 0 Å². The molecule has 2 rings (SSSR count). The first-order valence-corrected chi connectivity index (χ1v) is 22.5. The fourth-order valence-electron chi connectivity index (χ4n) is 3.89. The second-order valence-electron chi connectivity index (χ2n) is 10.0. The van der Waals surface area contributed by atoms with Crippen molar-refractivity contribution in [3.05, 3.63) is 60.7 Å². The third kappa shape index (κ3) is 7.63. The minimum Gasteiger partial charge on any atom is -0.436 e. The van der Waals surface area contributed by atoms with Gasteiger partial charge in [0.2, 0.25) is 0 Å². The van der Waals surface area contributed by atoms with Crippen molar-refractivity contribution < 1.29 is 12.3 Å². The van der Waals surface area contributed by atoms with Crippen molar-refractivity contribution in [2.24, 2.45) is 0 Å². The highest BCUT2D eigenvalue weighted by Crippen LogP contribution is 2.27. The van der Waals surface area contributed by atoms with Crippen LogP contribution in [0.2, 0.25) is 51.4 Å². The van der Waals surface area contributed by atoms with Crippen LogP contribution in [0.25, 0.3) is 0 Å². The summed E-state index contributed by atoms with van der Waals surface area (Å²) in [5, 5.41) is 2.36. The van der Waals surface area contributed by atoms with E-state index in [1.807, 2.05) is 0 Å². The molecular formula is C24H42O3Si4. The highest BCUT2D eigenvalue weighted by atomic mass is 28.5. The smallest absolute Gasteiger partial charge is 0.388 e. The van der Waals surface area contributed by atoms with Gasteiger partial charge in [-0.25, -0.2) is 0 Å². The van der Waals surface area contributed by atoms with Gasteiger partial charge >= 0.3 is 17.1 Å². The lowest BCUT2D eigenvalue weighted by Gasteiger charge is -2.44. The molecule has 2 aromatic carbocycles. The van der Waals surface area contributed by atoms with Gasteiger partial charge in [0.15, 0.2) is 16.6 Å². The van der Waals surface area contributed by atoms with E-state index >= 15 is 0 Å². The van der Waals surface area contributed by atoms with Crippen molar-refractivity contribution in [1.29, 1.82) is 0 Å². The average Bonchev–Trinajstić information content (AvgIpc) is 2.72. The highest BCUT2D eigenvalue weighted by molar-refractivity contribution is 7.02. The highest BCUT2D eigenvalue weighted by Gasteiger charge is 2.51. The summed E-state index contributed by atoms with van der Waals surface area (Å²) >= 11 is 0. The van der Waals surface area contributed by atoms with Gasteiger partial charge in [-0.1, -0.05) is 87.4 Å². The summed E-state index contributed by atoms with van der Waals surface area (Å²) in [5.74, 6) is 0. The number of rotatable bonds is 12. The predicted octanol–water partition coefficient (Wildman–Crippen LogP) is 6.22. The van der Waals surface area contributed by atoms with Crippen LogP contribution in [0.15, 0.2) is 60.7 Å². The van der Waals surface area contributed by atoms with E-state index in [0.29, 0.717) is 0 Å². The quantitative estimate of drug-likeness (QED) is 0.330. The molecule has 0 aliphatic heterocycles. The lowest BCUT2D eigenvalue weighted by atomic mass is 10.4. The molecule has 7 heteroatoms. The Morgan fingerprint density at radius 2 is 1.10 bits per heavy atom. The van der Waals surface area contributed by atoms with E-state index in [4.69, 9.17) is 12.3 Å². The summed E-state index contributed by atoms with van der Waals surface area (Å²) in [6, 6.07) is 23.5. The molecule has 0 aliphatic carbocycles. The van der Waals surface area contributed by atoms with Gasteiger partial charge < -0.3 is 12.3 Å².